The number of anilines is 1. The van der Waals surface area contributed by atoms with Gasteiger partial charge < -0.3 is 10.0 Å². The highest BCUT2D eigenvalue weighted by atomic mass is 16.3. The van der Waals surface area contributed by atoms with E-state index in [9.17, 15) is 5.11 Å². The van der Waals surface area contributed by atoms with Crippen molar-refractivity contribution < 1.29 is 5.11 Å². The highest BCUT2D eigenvalue weighted by Gasteiger charge is 2.32. The minimum absolute atomic E-state index is 0.603. The zero-order valence-corrected chi connectivity index (χ0v) is 9.17. The number of rotatable bonds is 1. The molecule has 0 spiro atoms. The highest BCUT2D eigenvalue weighted by molar-refractivity contribution is 5.68. The molecule has 3 heterocycles. The van der Waals surface area contributed by atoms with Crippen LogP contribution in [-0.4, -0.2) is 38.4 Å². The van der Waals surface area contributed by atoms with Crippen molar-refractivity contribution in [3.63, 3.8) is 0 Å². The predicted molar refractivity (Wildman–Crippen MR) is 60.4 cm³/mol. The van der Waals surface area contributed by atoms with Gasteiger partial charge in [-0.3, -0.25) is 0 Å². The molecule has 1 saturated heterocycles. The lowest BCUT2D eigenvalue weighted by Gasteiger charge is -2.20. The van der Waals surface area contributed by atoms with Crippen LogP contribution in [0.1, 0.15) is 13.3 Å². The van der Waals surface area contributed by atoms with E-state index in [1.54, 1.807) is 16.9 Å². The standard InChI is InChI=1S/C11H14N4O/c1-11(16)3-6-14(8-11)10-9-2-4-13-15(9)7-5-12-10/h2,4-5,7,16H,3,6,8H2,1H3. The SMILES string of the molecule is CC1(O)CCN(c2nccn3nccc23)C1. The fourth-order valence-electron chi connectivity index (χ4n) is 2.21. The Morgan fingerprint density at radius 1 is 1.44 bits per heavy atom. The van der Waals surface area contributed by atoms with Gasteiger partial charge in [0.1, 0.15) is 5.52 Å². The molecule has 1 aliphatic heterocycles. The van der Waals surface area contributed by atoms with Crippen molar-refractivity contribution in [3.8, 4) is 0 Å². The Bertz CT molecular complexity index is 519. The van der Waals surface area contributed by atoms with Crippen molar-refractivity contribution in [1.82, 2.24) is 14.6 Å². The molecule has 5 nitrogen and oxygen atoms in total. The van der Waals surface area contributed by atoms with Crippen molar-refractivity contribution in [1.29, 1.82) is 0 Å². The number of fused-ring (bicyclic) bond motifs is 1. The molecule has 0 bridgehead atoms. The maximum absolute atomic E-state index is 9.96. The van der Waals surface area contributed by atoms with Gasteiger partial charge in [-0.2, -0.15) is 5.10 Å². The minimum atomic E-state index is -0.603. The third-order valence-corrected chi connectivity index (χ3v) is 3.06. The van der Waals surface area contributed by atoms with E-state index in [1.165, 1.54) is 0 Å². The molecule has 1 atom stereocenters. The Balaban J connectivity index is 2.03. The summed E-state index contributed by atoms with van der Waals surface area (Å²) in [7, 11) is 0. The second-order valence-corrected chi connectivity index (χ2v) is 4.58. The van der Waals surface area contributed by atoms with Crippen LogP contribution in [0.25, 0.3) is 5.52 Å². The first kappa shape index (κ1) is 9.59. The smallest absolute Gasteiger partial charge is 0.154 e. The summed E-state index contributed by atoms with van der Waals surface area (Å²) in [6.07, 6.45) is 6.11. The lowest BCUT2D eigenvalue weighted by molar-refractivity contribution is 0.0839. The molecule has 1 aliphatic rings. The molecule has 2 aromatic rings. The summed E-state index contributed by atoms with van der Waals surface area (Å²) in [5, 5.41) is 14.1. The van der Waals surface area contributed by atoms with Crippen LogP contribution in [0.2, 0.25) is 0 Å². The summed E-state index contributed by atoms with van der Waals surface area (Å²) < 4.78 is 1.80. The first-order chi connectivity index (χ1) is 7.66. The van der Waals surface area contributed by atoms with Gasteiger partial charge in [0.05, 0.1) is 11.8 Å². The molecule has 0 saturated carbocycles. The molecule has 5 heteroatoms. The van der Waals surface area contributed by atoms with Crippen molar-refractivity contribution in [2.24, 2.45) is 0 Å². The molecule has 2 aromatic heterocycles. The first-order valence-corrected chi connectivity index (χ1v) is 5.41. The van der Waals surface area contributed by atoms with Crippen LogP contribution < -0.4 is 4.90 Å². The number of hydrogen-bond donors (Lipinski definition) is 1. The Hall–Kier alpha value is -1.62. The van der Waals surface area contributed by atoms with Crippen molar-refractivity contribution in [2.45, 2.75) is 18.9 Å². The second kappa shape index (κ2) is 3.18. The molecular weight excluding hydrogens is 204 g/mol. The van der Waals surface area contributed by atoms with E-state index in [0.717, 1.165) is 24.3 Å². The van der Waals surface area contributed by atoms with E-state index in [-0.39, 0.29) is 0 Å². The summed E-state index contributed by atoms with van der Waals surface area (Å²) in [6.45, 7) is 3.33. The molecular formula is C11H14N4O. The van der Waals surface area contributed by atoms with Gasteiger partial charge in [-0.05, 0) is 19.4 Å². The van der Waals surface area contributed by atoms with Gasteiger partial charge in [0, 0.05) is 25.5 Å². The predicted octanol–water partition coefficient (Wildman–Crippen LogP) is 0.690. The number of aromatic nitrogens is 3. The van der Waals surface area contributed by atoms with Crippen LogP contribution in [0.3, 0.4) is 0 Å². The molecule has 1 fully saturated rings. The topological polar surface area (TPSA) is 53.7 Å². The number of hydrogen-bond acceptors (Lipinski definition) is 4. The van der Waals surface area contributed by atoms with E-state index in [1.807, 2.05) is 19.2 Å². The van der Waals surface area contributed by atoms with Crippen LogP contribution in [0.5, 0.6) is 0 Å². The quantitative estimate of drug-likeness (QED) is 0.765. The van der Waals surface area contributed by atoms with Gasteiger partial charge in [0.15, 0.2) is 5.82 Å². The fourth-order valence-corrected chi connectivity index (χ4v) is 2.21. The average Bonchev–Trinajstić information content (AvgIpc) is 2.83. The number of β-amino-alcohol motifs (C(OH)–C–C–N with tert-alkyl or cyclic N) is 1. The minimum Gasteiger partial charge on any atom is -0.388 e. The van der Waals surface area contributed by atoms with Gasteiger partial charge in [-0.1, -0.05) is 0 Å². The molecule has 0 amide bonds. The summed E-state index contributed by atoms with van der Waals surface area (Å²) in [6, 6.07) is 1.94. The molecule has 1 unspecified atom stereocenters. The molecule has 3 rings (SSSR count). The van der Waals surface area contributed by atoms with E-state index in [4.69, 9.17) is 0 Å². The monoisotopic (exact) mass is 218 g/mol. The first-order valence-electron chi connectivity index (χ1n) is 5.41. The average molecular weight is 218 g/mol. The second-order valence-electron chi connectivity index (χ2n) is 4.58. The van der Waals surface area contributed by atoms with Gasteiger partial charge in [-0.15, -0.1) is 0 Å². The Morgan fingerprint density at radius 3 is 3.06 bits per heavy atom. The lowest BCUT2D eigenvalue weighted by atomic mass is 10.1. The van der Waals surface area contributed by atoms with Gasteiger partial charge in [0.25, 0.3) is 0 Å². The van der Waals surface area contributed by atoms with E-state index >= 15 is 0 Å². The maximum atomic E-state index is 9.96. The normalized spacial score (nSPS) is 25.5. The third kappa shape index (κ3) is 1.44. The molecule has 0 aliphatic carbocycles. The summed E-state index contributed by atoms with van der Waals surface area (Å²) >= 11 is 0. The van der Waals surface area contributed by atoms with Crippen LogP contribution >= 0.6 is 0 Å². The Labute approximate surface area is 93.3 Å². The Kier molecular flexibility index (Phi) is 1.91. The molecule has 1 N–H and O–H groups in total. The summed E-state index contributed by atoms with van der Waals surface area (Å²) in [4.78, 5) is 6.49. The van der Waals surface area contributed by atoms with Crippen molar-refractivity contribution in [3.05, 3.63) is 24.7 Å². The maximum Gasteiger partial charge on any atom is 0.154 e. The van der Waals surface area contributed by atoms with Crippen molar-refractivity contribution >= 4 is 11.3 Å². The summed E-state index contributed by atoms with van der Waals surface area (Å²) in [5.41, 5.74) is 0.384. The number of nitrogens with zero attached hydrogens (tertiary/aromatic N) is 4. The highest BCUT2D eigenvalue weighted by Crippen LogP contribution is 2.27. The van der Waals surface area contributed by atoms with Crippen LogP contribution in [0.4, 0.5) is 5.82 Å². The zero-order chi connectivity index (χ0) is 11.2. The molecule has 0 radical (unpaired) electrons. The van der Waals surface area contributed by atoms with Gasteiger partial charge in [0.2, 0.25) is 0 Å². The Morgan fingerprint density at radius 2 is 2.31 bits per heavy atom. The van der Waals surface area contributed by atoms with Crippen LogP contribution in [0.15, 0.2) is 24.7 Å². The van der Waals surface area contributed by atoms with E-state index < -0.39 is 5.60 Å². The largest absolute Gasteiger partial charge is 0.388 e. The lowest BCUT2D eigenvalue weighted by Crippen LogP contribution is -2.30. The third-order valence-electron chi connectivity index (χ3n) is 3.06. The van der Waals surface area contributed by atoms with Gasteiger partial charge >= 0.3 is 0 Å². The van der Waals surface area contributed by atoms with Crippen LogP contribution in [0, 0.1) is 0 Å². The zero-order valence-electron chi connectivity index (χ0n) is 9.17. The van der Waals surface area contributed by atoms with Gasteiger partial charge in [-0.25, -0.2) is 9.50 Å². The van der Waals surface area contributed by atoms with Crippen LogP contribution in [-0.2, 0) is 0 Å². The fraction of sp³-hybridized carbons (Fsp3) is 0.455. The van der Waals surface area contributed by atoms with E-state index in [2.05, 4.69) is 15.0 Å². The molecule has 0 aromatic carbocycles. The summed E-state index contributed by atoms with van der Waals surface area (Å²) in [5.74, 6) is 0.901. The van der Waals surface area contributed by atoms with E-state index in [0.29, 0.717) is 6.54 Å². The number of aliphatic hydroxyl groups is 1. The molecule has 84 valence electrons. The van der Waals surface area contributed by atoms with Crippen molar-refractivity contribution in [2.75, 3.05) is 18.0 Å². The molecule has 16 heavy (non-hydrogen) atoms.